The van der Waals surface area contributed by atoms with Crippen molar-refractivity contribution in [2.75, 3.05) is 0 Å². The molecule has 1 aromatic heterocycles. The highest BCUT2D eigenvalue weighted by atomic mass is 16.4. The number of rotatable bonds is 2. The summed E-state index contributed by atoms with van der Waals surface area (Å²) in [6.07, 6.45) is 0. The van der Waals surface area contributed by atoms with E-state index >= 15 is 0 Å². The maximum atomic E-state index is 11.0. The van der Waals surface area contributed by atoms with E-state index in [2.05, 4.69) is 0 Å². The van der Waals surface area contributed by atoms with Gasteiger partial charge in [0.15, 0.2) is 0 Å². The zero-order valence-corrected chi connectivity index (χ0v) is 7.56. The third-order valence-corrected chi connectivity index (χ3v) is 2.03. The first-order valence-corrected chi connectivity index (χ1v) is 4.16. The normalized spacial score (nSPS) is 10.4. The van der Waals surface area contributed by atoms with E-state index < -0.39 is 11.9 Å². The zero-order chi connectivity index (χ0) is 11.0. The van der Waals surface area contributed by atoms with Crippen LogP contribution in [-0.4, -0.2) is 17.0 Å². The summed E-state index contributed by atoms with van der Waals surface area (Å²) in [5.74, 6) is -2.43. The Hall–Kier alpha value is -2.30. The topological polar surface area (TPSA) is 93.5 Å². The van der Waals surface area contributed by atoms with E-state index in [9.17, 15) is 9.59 Å². The first kappa shape index (κ1) is 9.26. The Morgan fingerprint density at radius 2 is 1.93 bits per heavy atom. The molecule has 1 amide bonds. The average molecular weight is 205 g/mol. The number of carbonyl (C=O) groups is 2. The Bertz CT molecular complexity index is 556. The van der Waals surface area contributed by atoms with Gasteiger partial charge in [-0.15, -0.1) is 0 Å². The number of carboxylic acid groups (broad SMARTS) is 1. The van der Waals surface area contributed by atoms with Crippen LogP contribution >= 0.6 is 0 Å². The molecular formula is C10H7NO4. The fourth-order valence-corrected chi connectivity index (χ4v) is 1.43. The van der Waals surface area contributed by atoms with Crippen LogP contribution in [0.4, 0.5) is 0 Å². The third-order valence-electron chi connectivity index (χ3n) is 2.03. The molecular weight excluding hydrogens is 198 g/mol. The van der Waals surface area contributed by atoms with Crippen molar-refractivity contribution in [3.05, 3.63) is 35.6 Å². The van der Waals surface area contributed by atoms with Crippen molar-refractivity contribution in [3.63, 3.8) is 0 Å². The molecule has 1 heterocycles. The van der Waals surface area contributed by atoms with Gasteiger partial charge in [-0.1, -0.05) is 18.2 Å². The summed E-state index contributed by atoms with van der Waals surface area (Å²) in [7, 11) is 0. The Balaban J connectivity index is 2.86. The van der Waals surface area contributed by atoms with Crippen LogP contribution in [0, 0.1) is 0 Å². The van der Waals surface area contributed by atoms with E-state index in [1.165, 1.54) is 0 Å². The summed E-state index contributed by atoms with van der Waals surface area (Å²) in [4.78, 5) is 21.9. The van der Waals surface area contributed by atoms with Crippen LogP contribution < -0.4 is 5.73 Å². The fraction of sp³-hybridized carbons (Fsp3) is 0. The zero-order valence-electron chi connectivity index (χ0n) is 7.56. The largest absolute Gasteiger partial charge is 0.478 e. The van der Waals surface area contributed by atoms with Gasteiger partial charge in [0, 0.05) is 5.39 Å². The van der Waals surface area contributed by atoms with Crippen molar-refractivity contribution in [1.29, 1.82) is 0 Å². The monoisotopic (exact) mass is 205 g/mol. The average Bonchev–Trinajstić information content (AvgIpc) is 2.56. The first-order valence-electron chi connectivity index (χ1n) is 4.16. The quantitative estimate of drug-likeness (QED) is 0.770. The summed E-state index contributed by atoms with van der Waals surface area (Å²) in [6, 6.07) is 6.49. The van der Waals surface area contributed by atoms with Crippen molar-refractivity contribution in [2.24, 2.45) is 5.73 Å². The van der Waals surface area contributed by atoms with Gasteiger partial charge < -0.3 is 15.3 Å². The summed E-state index contributed by atoms with van der Waals surface area (Å²) in [5.41, 5.74) is 5.17. The Kier molecular flexibility index (Phi) is 1.93. The number of carboxylic acids is 1. The highest BCUT2D eigenvalue weighted by Gasteiger charge is 2.23. The van der Waals surface area contributed by atoms with E-state index in [1.807, 2.05) is 0 Å². The maximum Gasteiger partial charge on any atom is 0.340 e. The first-order chi connectivity index (χ1) is 7.11. The molecule has 5 nitrogen and oxygen atoms in total. The lowest BCUT2D eigenvalue weighted by molar-refractivity contribution is 0.0691. The molecule has 0 saturated heterocycles. The number of primary amides is 1. The van der Waals surface area contributed by atoms with Crippen LogP contribution in [0.5, 0.6) is 0 Å². The minimum Gasteiger partial charge on any atom is -0.478 e. The Morgan fingerprint density at radius 1 is 1.27 bits per heavy atom. The van der Waals surface area contributed by atoms with E-state index in [4.69, 9.17) is 15.3 Å². The molecule has 0 atom stereocenters. The van der Waals surface area contributed by atoms with Gasteiger partial charge >= 0.3 is 5.97 Å². The van der Waals surface area contributed by atoms with Gasteiger partial charge in [0.05, 0.1) is 0 Å². The number of carbonyl (C=O) groups excluding carboxylic acids is 1. The second-order valence-corrected chi connectivity index (χ2v) is 2.97. The lowest BCUT2D eigenvalue weighted by Crippen LogP contribution is -2.14. The molecule has 0 aliphatic heterocycles. The molecule has 0 radical (unpaired) electrons. The molecule has 15 heavy (non-hydrogen) atoms. The molecule has 0 fully saturated rings. The number of fused-ring (bicyclic) bond motifs is 1. The molecule has 1 aromatic carbocycles. The minimum atomic E-state index is -1.23. The van der Waals surface area contributed by atoms with Gasteiger partial charge in [-0.2, -0.15) is 0 Å². The molecule has 0 saturated carbocycles. The van der Waals surface area contributed by atoms with Crippen LogP contribution in [0.3, 0.4) is 0 Å². The number of para-hydroxylation sites is 1. The van der Waals surface area contributed by atoms with E-state index in [1.54, 1.807) is 24.3 Å². The molecule has 0 spiro atoms. The van der Waals surface area contributed by atoms with Crippen LogP contribution in [0.2, 0.25) is 0 Å². The van der Waals surface area contributed by atoms with Crippen molar-refractivity contribution < 1.29 is 19.1 Å². The van der Waals surface area contributed by atoms with Gasteiger partial charge in [-0.25, -0.2) is 4.79 Å². The lowest BCUT2D eigenvalue weighted by Gasteiger charge is -1.91. The van der Waals surface area contributed by atoms with Crippen LogP contribution in [-0.2, 0) is 0 Å². The van der Waals surface area contributed by atoms with Gasteiger partial charge in [-0.05, 0) is 6.07 Å². The smallest absolute Gasteiger partial charge is 0.340 e. The van der Waals surface area contributed by atoms with Crippen LogP contribution in [0.15, 0.2) is 28.7 Å². The predicted molar refractivity (Wildman–Crippen MR) is 51.7 cm³/mol. The fourth-order valence-electron chi connectivity index (χ4n) is 1.43. The van der Waals surface area contributed by atoms with Gasteiger partial charge in [0.2, 0.25) is 5.76 Å². The standard InChI is InChI=1S/C10H7NO4/c11-9(12)8-7(10(13)14)5-3-1-2-4-6(5)15-8/h1-4H,(H2,11,12)(H,13,14). The van der Waals surface area contributed by atoms with Crippen molar-refractivity contribution >= 4 is 22.8 Å². The van der Waals surface area contributed by atoms with Crippen LogP contribution in [0.1, 0.15) is 20.9 Å². The number of hydrogen-bond donors (Lipinski definition) is 2. The predicted octanol–water partition coefficient (Wildman–Crippen LogP) is 1.23. The summed E-state index contributed by atoms with van der Waals surface area (Å²) in [5, 5.41) is 9.31. The molecule has 0 bridgehead atoms. The number of furan rings is 1. The van der Waals surface area contributed by atoms with Gasteiger partial charge in [0.25, 0.3) is 5.91 Å². The molecule has 2 rings (SSSR count). The molecule has 2 aromatic rings. The Labute approximate surface area is 84.1 Å². The van der Waals surface area contributed by atoms with Crippen LogP contribution in [0.25, 0.3) is 11.0 Å². The molecule has 76 valence electrons. The summed E-state index contributed by atoms with van der Waals surface area (Å²) in [6.45, 7) is 0. The number of benzene rings is 1. The van der Waals surface area contributed by atoms with E-state index in [-0.39, 0.29) is 11.3 Å². The highest BCUT2D eigenvalue weighted by molar-refractivity contribution is 6.11. The molecule has 5 heteroatoms. The number of nitrogens with two attached hydrogens (primary N) is 1. The minimum absolute atomic E-state index is 0.182. The highest BCUT2D eigenvalue weighted by Crippen LogP contribution is 2.25. The van der Waals surface area contributed by atoms with Gasteiger partial charge in [0.1, 0.15) is 11.1 Å². The van der Waals surface area contributed by atoms with Crippen molar-refractivity contribution in [2.45, 2.75) is 0 Å². The second-order valence-electron chi connectivity index (χ2n) is 2.97. The Morgan fingerprint density at radius 3 is 2.53 bits per heavy atom. The molecule has 3 N–H and O–H groups in total. The third kappa shape index (κ3) is 1.34. The number of amides is 1. The summed E-state index contributed by atoms with van der Waals surface area (Å²) < 4.78 is 5.07. The van der Waals surface area contributed by atoms with E-state index in [0.29, 0.717) is 11.0 Å². The SMILES string of the molecule is NC(=O)c1oc2ccccc2c1C(=O)O. The molecule has 0 aliphatic carbocycles. The van der Waals surface area contributed by atoms with Gasteiger partial charge in [-0.3, -0.25) is 4.79 Å². The van der Waals surface area contributed by atoms with E-state index in [0.717, 1.165) is 0 Å². The van der Waals surface area contributed by atoms with Crippen molar-refractivity contribution in [3.8, 4) is 0 Å². The lowest BCUT2D eigenvalue weighted by atomic mass is 10.1. The number of aromatic carboxylic acids is 1. The molecule has 0 aliphatic rings. The second kappa shape index (κ2) is 3.13. The molecule has 0 unspecified atom stereocenters. The number of hydrogen-bond acceptors (Lipinski definition) is 3. The maximum absolute atomic E-state index is 11.0. The van der Waals surface area contributed by atoms with Crippen molar-refractivity contribution in [1.82, 2.24) is 0 Å². The summed E-state index contributed by atoms with van der Waals surface area (Å²) >= 11 is 0.